The largest absolute Gasteiger partial charge is 0.322 e. The SMILES string of the molecule is CCc1cc(NC(=O)N2CCc3nc(-c4cccnc4)nc(-c4ccccc4C)c3C2)ccc1C1CC1. The lowest BCUT2D eigenvalue weighted by molar-refractivity contribution is 0.206. The number of fused-ring (bicyclic) bond motifs is 1. The molecule has 2 amide bonds. The molecule has 6 rings (SSSR count). The molecule has 1 N–H and O–H groups in total. The van der Waals surface area contributed by atoms with Crippen LogP contribution in [0.25, 0.3) is 22.6 Å². The van der Waals surface area contributed by atoms with E-state index >= 15 is 0 Å². The number of pyridine rings is 1. The summed E-state index contributed by atoms with van der Waals surface area (Å²) in [5.74, 6) is 1.38. The number of hydrogen-bond acceptors (Lipinski definition) is 4. The molecule has 1 saturated carbocycles. The lowest BCUT2D eigenvalue weighted by atomic mass is 9.96. The standard InChI is InChI=1S/C31H31N5O/c1-3-21-17-24(12-13-26(21)22-10-11-22)33-31(37)36-16-14-28-27(19-36)29(25-9-5-4-7-20(25)2)35-30(34-28)23-8-6-15-32-18-23/h4-9,12-13,15,17-18,22H,3,10-11,14,16,19H2,1-2H3,(H,33,37). The van der Waals surface area contributed by atoms with Crippen LogP contribution in [0.1, 0.15) is 53.6 Å². The van der Waals surface area contributed by atoms with E-state index in [1.54, 1.807) is 12.4 Å². The quantitative estimate of drug-likeness (QED) is 0.345. The first-order valence-corrected chi connectivity index (χ1v) is 13.2. The second-order valence-electron chi connectivity index (χ2n) is 10.0. The highest BCUT2D eigenvalue weighted by molar-refractivity contribution is 5.90. The van der Waals surface area contributed by atoms with Gasteiger partial charge >= 0.3 is 6.03 Å². The van der Waals surface area contributed by atoms with Gasteiger partial charge in [-0.15, -0.1) is 0 Å². The van der Waals surface area contributed by atoms with Crippen LogP contribution in [-0.4, -0.2) is 32.4 Å². The van der Waals surface area contributed by atoms with E-state index in [1.165, 1.54) is 24.0 Å². The van der Waals surface area contributed by atoms with E-state index in [0.29, 0.717) is 31.3 Å². The molecule has 2 aromatic carbocycles. The number of nitrogens with zero attached hydrogens (tertiary/aromatic N) is 4. The fraction of sp³-hybridized carbons (Fsp3) is 0.290. The van der Waals surface area contributed by atoms with Gasteiger partial charge in [-0.1, -0.05) is 37.3 Å². The molecule has 0 saturated heterocycles. The highest BCUT2D eigenvalue weighted by atomic mass is 16.2. The van der Waals surface area contributed by atoms with Gasteiger partial charge in [0.2, 0.25) is 0 Å². The third-order valence-electron chi connectivity index (χ3n) is 7.46. The Kier molecular flexibility index (Phi) is 6.16. The number of urea groups is 1. The van der Waals surface area contributed by atoms with Crippen molar-refractivity contribution in [1.29, 1.82) is 0 Å². The number of amides is 2. The Labute approximate surface area is 217 Å². The van der Waals surface area contributed by atoms with E-state index in [1.807, 2.05) is 35.2 Å². The summed E-state index contributed by atoms with van der Waals surface area (Å²) in [5, 5.41) is 3.15. The molecule has 1 aliphatic carbocycles. The monoisotopic (exact) mass is 489 g/mol. The van der Waals surface area contributed by atoms with Gasteiger partial charge in [0, 0.05) is 47.7 Å². The summed E-state index contributed by atoms with van der Waals surface area (Å²) in [5.41, 5.74) is 9.64. The molecule has 2 aliphatic rings. The Bertz CT molecular complexity index is 1460. The van der Waals surface area contributed by atoms with Crippen molar-refractivity contribution in [3.8, 4) is 22.6 Å². The first-order chi connectivity index (χ1) is 18.1. The van der Waals surface area contributed by atoms with E-state index in [0.717, 1.165) is 45.7 Å². The van der Waals surface area contributed by atoms with Crippen LogP contribution in [0.3, 0.4) is 0 Å². The zero-order valence-corrected chi connectivity index (χ0v) is 21.4. The van der Waals surface area contributed by atoms with Crippen LogP contribution in [0.5, 0.6) is 0 Å². The van der Waals surface area contributed by atoms with Gasteiger partial charge < -0.3 is 10.2 Å². The fourth-order valence-electron chi connectivity index (χ4n) is 5.26. The second kappa shape index (κ2) is 9.77. The maximum atomic E-state index is 13.4. The second-order valence-corrected chi connectivity index (χ2v) is 10.0. The van der Waals surface area contributed by atoms with E-state index < -0.39 is 0 Å². The minimum atomic E-state index is -0.0843. The summed E-state index contributed by atoms with van der Waals surface area (Å²) in [6, 6.07) is 18.4. The molecule has 3 heterocycles. The Hall–Kier alpha value is -4.06. The summed E-state index contributed by atoms with van der Waals surface area (Å²) < 4.78 is 0. The number of aromatic nitrogens is 3. The number of carbonyl (C=O) groups excluding carboxylic acids is 1. The smallest absolute Gasteiger partial charge is 0.320 e. The number of carbonyl (C=O) groups is 1. The molecular formula is C31H31N5O. The van der Waals surface area contributed by atoms with Crippen molar-refractivity contribution in [1.82, 2.24) is 19.9 Å². The maximum absolute atomic E-state index is 13.4. The molecule has 2 aromatic heterocycles. The lowest BCUT2D eigenvalue weighted by Crippen LogP contribution is -2.39. The molecule has 0 spiro atoms. The molecule has 1 aliphatic heterocycles. The van der Waals surface area contributed by atoms with Crippen LogP contribution < -0.4 is 5.32 Å². The van der Waals surface area contributed by atoms with Crippen molar-refractivity contribution in [2.75, 3.05) is 11.9 Å². The summed E-state index contributed by atoms with van der Waals surface area (Å²) in [6.07, 6.45) is 7.76. The van der Waals surface area contributed by atoms with E-state index in [4.69, 9.17) is 9.97 Å². The molecule has 4 aromatic rings. The van der Waals surface area contributed by atoms with Crippen LogP contribution in [0, 0.1) is 6.92 Å². The molecule has 0 bridgehead atoms. The third-order valence-corrected chi connectivity index (χ3v) is 7.46. The van der Waals surface area contributed by atoms with Crippen molar-refractivity contribution in [3.05, 3.63) is 94.9 Å². The van der Waals surface area contributed by atoms with Crippen molar-refractivity contribution in [2.24, 2.45) is 0 Å². The van der Waals surface area contributed by atoms with Gasteiger partial charge in [0.1, 0.15) is 0 Å². The lowest BCUT2D eigenvalue weighted by Gasteiger charge is -2.30. The van der Waals surface area contributed by atoms with Crippen LogP contribution >= 0.6 is 0 Å². The number of aryl methyl sites for hydroxylation is 2. The summed E-state index contributed by atoms with van der Waals surface area (Å²) >= 11 is 0. The zero-order chi connectivity index (χ0) is 25.4. The number of hydrogen-bond donors (Lipinski definition) is 1. The van der Waals surface area contributed by atoms with Gasteiger partial charge in [-0.2, -0.15) is 0 Å². The Balaban J connectivity index is 1.31. The molecule has 0 atom stereocenters. The zero-order valence-electron chi connectivity index (χ0n) is 21.4. The first-order valence-electron chi connectivity index (χ1n) is 13.2. The molecule has 37 heavy (non-hydrogen) atoms. The molecule has 0 unspecified atom stereocenters. The average molecular weight is 490 g/mol. The van der Waals surface area contributed by atoms with Gasteiger partial charge in [-0.3, -0.25) is 4.98 Å². The van der Waals surface area contributed by atoms with Crippen molar-refractivity contribution in [3.63, 3.8) is 0 Å². The topological polar surface area (TPSA) is 71.0 Å². The number of rotatable bonds is 5. The Morgan fingerprint density at radius 3 is 2.70 bits per heavy atom. The third kappa shape index (κ3) is 4.71. The average Bonchev–Trinajstić information content (AvgIpc) is 3.78. The van der Waals surface area contributed by atoms with Crippen LogP contribution in [0.4, 0.5) is 10.5 Å². The van der Waals surface area contributed by atoms with Gasteiger partial charge in [0.15, 0.2) is 5.82 Å². The van der Waals surface area contributed by atoms with Gasteiger partial charge in [0.25, 0.3) is 0 Å². The molecule has 0 radical (unpaired) electrons. The fourth-order valence-corrected chi connectivity index (χ4v) is 5.26. The first kappa shape index (κ1) is 23.3. The predicted octanol–water partition coefficient (Wildman–Crippen LogP) is 6.54. The summed E-state index contributed by atoms with van der Waals surface area (Å²) in [7, 11) is 0. The van der Waals surface area contributed by atoms with Gasteiger partial charge in [-0.05, 0) is 73.1 Å². The summed E-state index contributed by atoms with van der Waals surface area (Å²) in [4.78, 5) is 29.4. The molecular weight excluding hydrogens is 458 g/mol. The minimum Gasteiger partial charge on any atom is -0.320 e. The van der Waals surface area contributed by atoms with E-state index in [-0.39, 0.29) is 6.03 Å². The molecule has 6 heteroatoms. The number of benzene rings is 2. The Morgan fingerprint density at radius 2 is 1.95 bits per heavy atom. The van der Waals surface area contributed by atoms with Gasteiger partial charge in [0.05, 0.1) is 17.9 Å². The van der Waals surface area contributed by atoms with E-state index in [2.05, 4.69) is 48.4 Å². The van der Waals surface area contributed by atoms with Gasteiger partial charge in [-0.25, -0.2) is 14.8 Å². The molecule has 1 fully saturated rings. The minimum absolute atomic E-state index is 0.0843. The maximum Gasteiger partial charge on any atom is 0.322 e. The summed E-state index contributed by atoms with van der Waals surface area (Å²) in [6.45, 7) is 5.36. The van der Waals surface area contributed by atoms with Crippen molar-refractivity contribution >= 4 is 11.7 Å². The number of anilines is 1. The van der Waals surface area contributed by atoms with Crippen molar-refractivity contribution < 1.29 is 4.79 Å². The molecule has 6 nitrogen and oxygen atoms in total. The predicted molar refractivity (Wildman–Crippen MR) is 146 cm³/mol. The van der Waals surface area contributed by atoms with Crippen LogP contribution in [0.2, 0.25) is 0 Å². The normalized spacial score (nSPS) is 14.8. The van der Waals surface area contributed by atoms with Crippen molar-refractivity contribution in [2.45, 2.75) is 52.0 Å². The van der Waals surface area contributed by atoms with Crippen LogP contribution in [-0.2, 0) is 19.4 Å². The van der Waals surface area contributed by atoms with Crippen LogP contribution in [0.15, 0.2) is 67.0 Å². The molecule has 186 valence electrons. The Morgan fingerprint density at radius 1 is 1.08 bits per heavy atom. The highest BCUT2D eigenvalue weighted by Crippen LogP contribution is 2.42. The van der Waals surface area contributed by atoms with E-state index in [9.17, 15) is 4.79 Å². The number of nitrogens with one attached hydrogen (secondary N) is 1. The highest BCUT2D eigenvalue weighted by Gasteiger charge is 2.28.